The highest BCUT2D eigenvalue weighted by molar-refractivity contribution is 6.05. The summed E-state index contributed by atoms with van der Waals surface area (Å²) in [6.45, 7) is 4.71. The van der Waals surface area contributed by atoms with Gasteiger partial charge in [0.2, 0.25) is 0 Å². The van der Waals surface area contributed by atoms with E-state index < -0.39 is 0 Å². The molecule has 0 spiro atoms. The standard InChI is InChI=1S/C22H26O2/c1-19-13-9-5-3-8-22(9,17(19)23)16-11(13)12-14-10-6-4-7-21(10,15(12)19)18(24)20(14,16)2/h9-16H,3-8H2,1-2H3/t9-,10+,11+,12-,13-,14-,15-,16+,19+,20+,21+,22-/m0/s1. The van der Waals surface area contributed by atoms with E-state index in [2.05, 4.69) is 13.8 Å². The molecule has 8 fully saturated rings. The largest absolute Gasteiger partial charge is 0.298 e. The fraction of sp³-hybridized carbons (Fsp3) is 0.909. The number of Topliss-reactive ketones (excluding diaryl/α,β-unsaturated/α-hetero) is 2. The molecule has 0 unspecified atom stereocenters. The van der Waals surface area contributed by atoms with Crippen LogP contribution >= 0.6 is 0 Å². The molecule has 8 aliphatic rings. The van der Waals surface area contributed by atoms with Crippen LogP contribution in [0.2, 0.25) is 0 Å². The molecule has 0 aliphatic heterocycles. The Hall–Kier alpha value is -0.660. The maximum Gasteiger partial charge on any atom is 0.146 e. The van der Waals surface area contributed by atoms with Gasteiger partial charge in [0.15, 0.2) is 0 Å². The minimum absolute atomic E-state index is 0.0590. The van der Waals surface area contributed by atoms with Gasteiger partial charge in [-0.2, -0.15) is 0 Å². The third-order valence-electron chi connectivity index (χ3n) is 12.1. The number of carbonyl (C=O) groups is 2. The molecule has 8 rings (SSSR count). The van der Waals surface area contributed by atoms with E-state index in [1.165, 1.54) is 25.7 Å². The van der Waals surface area contributed by atoms with Crippen LogP contribution in [0.4, 0.5) is 0 Å². The van der Waals surface area contributed by atoms with Gasteiger partial charge in [-0.3, -0.25) is 9.59 Å². The monoisotopic (exact) mass is 322 g/mol. The molecule has 24 heavy (non-hydrogen) atoms. The third-order valence-corrected chi connectivity index (χ3v) is 12.1. The first kappa shape index (κ1) is 12.7. The van der Waals surface area contributed by atoms with Crippen LogP contribution in [-0.2, 0) is 9.59 Å². The minimum atomic E-state index is -0.119. The van der Waals surface area contributed by atoms with Crippen molar-refractivity contribution < 1.29 is 9.59 Å². The van der Waals surface area contributed by atoms with E-state index >= 15 is 0 Å². The van der Waals surface area contributed by atoms with Gasteiger partial charge in [-0.05, 0) is 73.0 Å². The third kappa shape index (κ3) is 0.687. The predicted molar refractivity (Wildman–Crippen MR) is 86.7 cm³/mol. The number of hydrogen-bond donors (Lipinski definition) is 0. The lowest BCUT2D eigenvalue weighted by atomic mass is 9.48. The first-order valence-electron chi connectivity index (χ1n) is 10.6. The van der Waals surface area contributed by atoms with Crippen molar-refractivity contribution in [3.63, 3.8) is 0 Å². The van der Waals surface area contributed by atoms with Gasteiger partial charge in [0.25, 0.3) is 0 Å². The highest BCUT2D eigenvalue weighted by atomic mass is 16.1. The molecule has 0 radical (unpaired) electrons. The lowest BCUT2D eigenvalue weighted by Gasteiger charge is -2.53. The molecule has 4 bridgehead atoms. The van der Waals surface area contributed by atoms with Crippen LogP contribution in [0.15, 0.2) is 0 Å². The zero-order valence-corrected chi connectivity index (χ0v) is 14.7. The second-order valence-corrected chi connectivity index (χ2v) is 11.5. The molecular weight excluding hydrogens is 296 g/mol. The fourth-order valence-electron chi connectivity index (χ4n) is 12.8. The van der Waals surface area contributed by atoms with Crippen molar-refractivity contribution >= 4 is 11.6 Å². The second kappa shape index (κ2) is 2.89. The van der Waals surface area contributed by atoms with Crippen molar-refractivity contribution in [3.8, 4) is 0 Å². The van der Waals surface area contributed by atoms with Crippen molar-refractivity contribution in [2.24, 2.45) is 69.0 Å². The van der Waals surface area contributed by atoms with E-state index in [0.29, 0.717) is 47.1 Å². The zero-order valence-electron chi connectivity index (χ0n) is 14.7. The van der Waals surface area contributed by atoms with Gasteiger partial charge in [-0.15, -0.1) is 0 Å². The number of carbonyl (C=O) groups excluding carboxylic acids is 2. The molecule has 126 valence electrons. The van der Waals surface area contributed by atoms with Gasteiger partial charge in [0.1, 0.15) is 11.6 Å². The van der Waals surface area contributed by atoms with Gasteiger partial charge in [0.05, 0.1) is 0 Å². The Balaban J connectivity index is 1.55. The molecule has 0 aromatic carbocycles. The average Bonchev–Trinajstić information content (AvgIpc) is 3.29. The molecule has 2 heteroatoms. The first-order chi connectivity index (χ1) is 11.5. The van der Waals surface area contributed by atoms with Crippen molar-refractivity contribution in [1.29, 1.82) is 0 Å². The summed E-state index contributed by atoms with van der Waals surface area (Å²) in [6, 6.07) is 0. The van der Waals surface area contributed by atoms with Crippen LogP contribution < -0.4 is 0 Å². The van der Waals surface area contributed by atoms with Crippen LogP contribution in [0.5, 0.6) is 0 Å². The lowest BCUT2D eigenvalue weighted by molar-refractivity contribution is -0.163. The Labute approximate surface area is 143 Å². The molecule has 0 amide bonds. The molecule has 8 aliphatic carbocycles. The molecule has 0 N–H and O–H groups in total. The number of fused-ring (bicyclic) bond motifs is 2. The Morgan fingerprint density at radius 3 is 1.58 bits per heavy atom. The molecule has 12 atom stereocenters. The summed E-state index contributed by atoms with van der Waals surface area (Å²) in [5.41, 5.74) is -0.357. The molecular formula is C22H26O2. The van der Waals surface area contributed by atoms with E-state index in [1.54, 1.807) is 0 Å². The van der Waals surface area contributed by atoms with E-state index in [4.69, 9.17) is 0 Å². The molecule has 2 nitrogen and oxygen atoms in total. The van der Waals surface area contributed by atoms with E-state index in [9.17, 15) is 9.59 Å². The average molecular weight is 322 g/mol. The van der Waals surface area contributed by atoms with Crippen molar-refractivity contribution in [2.45, 2.75) is 52.4 Å². The maximum absolute atomic E-state index is 14.0. The van der Waals surface area contributed by atoms with Crippen LogP contribution in [0, 0.1) is 69.0 Å². The van der Waals surface area contributed by atoms with Crippen LogP contribution in [0.3, 0.4) is 0 Å². The van der Waals surface area contributed by atoms with Crippen molar-refractivity contribution in [1.82, 2.24) is 0 Å². The van der Waals surface area contributed by atoms with Gasteiger partial charge >= 0.3 is 0 Å². The maximum atomic E-state index is 14.0. The number of rotatable bonds is 0. The van der Waals surface area contributed by atoms with Crippen LogP contribution in [0.25, 0.3) is 0 Å². The highest BCUT2D eigenvalue weighted by Gasteiger charge is 2.98. The van der Waals surface area contributed by atoms with E-state index in [1.807, 2.05) is 0 Å². The van der Waals surface area contributed by atoms with E-state index in [0.717, 1.165) is 24.7 Å². The lowest BCUT2D eigenvalue weighted by Crippen LogP contribution is -2.59. The molecule has 8 saturated carbocycles. The zero-order chi connectivity index (χ0) is 16.0. The fourth-order valence-corrected chi connectivity index (χ4v) is 12.8. The second-order valence-electron chi connectivity index (χ2n) is 11.5. The SMILES string of the molecule is C[C@@]12C(=O)[C@]34CCC[C@@H]3[C@H]1[C@@H]1[C@@H]3[C@@H]5[C@@H]6CCC[C@@]6(C(=O)[C@@]5(C)[C@H]14)[C@H]32. The van der Waals surface area contributed by atoms with Gasteiger partial charge < -0.3 is 0 Å². The smallest absolute Gasteiger partial charge is 0.146 e. The predicted octanol–water partition coefficient (Wildman–Crippen LogP) is 3.49. The Morgan fingerprint density at radius 1 is 0.750 bits per heavy atom. The molecule has 0 aromatic rings. The summed E-state index contributed by atoms with van der Waals surface area (Å²) in [5.74, 6) is 6.32. The summed E-state index contributed by atoms with van der Waals surface area (Å²) in [7, 11) is 0. The summed E-state index contributed by atoms with van der Waals surface area (Å²) >= 11 is 0. The summed E-state index contributed by atoms with van der Waals surface area (Å²) < 4.78 is 0. The van der Waals surface area contributed by atoms with Crippen molar-refractivity contribution in [3.05, 3.63) is 0 Å². The first-order valence-corrected chi connectivity index (χ1v) is 10.6. The quantitative estimate of drug-likeness (QED) is 0.684. The highest BCUT2D eigenvalue weighted by Crippen LogP contribution is 2.97. The minimum Gasteiger partial charge on any atom is -0.298 e. The van der Waals surface area contributed by atoms with Gasteiger partial charge in [-0.1, -0.05) is 26.7 Å². The molecule has 0 saturated heterocycles. The van der Waals surface area contributed by atoms with E-state index in [-0.39, 0.29) is 21.7 Å². The van der Waals surface area contributed by atoms with Crippen LogP contribution in [0.1, 0.15) is 52.4 Å². The number of hydrogen-bond acceptors (Lipinski definition) is 2. The van der Waals surface area contributed by atoms with Gasteiger partial charge in [0, 0.05) is 21.7 Å². The van der Waals surface area contributed by atoms with Gasteiger partial charge in [-0.25, -0.2) is 0 Å². The topological polar surface area (TPSA) is 34.1 Å². The Bertz CT molecular complexity index is 734. The Morgan fingerprint density at radius 2 is 1.17 bits per heavy atom. The van der Waals surface area contributed by atoms with Crippen LogP contribution in [-0.4, -0.2) is 11.6 Å². The Kier molecular flexibility index (Phi) is 1.52. The molecule has 0 heterocycles. The summed E-state index contributed by atoms with van der Waals surface area (Å²) in [4.78, 5) is 28.0. The normalized spacial score (nSPS) is 77.4. The molecule has 0 aromatic heterocycles. The summed E-state index contributed by atoms with van der Waals surface area (Å²) in [5, 5.41) is 0. The number of ketones is 2. The van der Waals surface area contributed by atoms with Crippen molar-refractivity contribution in [2.75, 3.05) is 0 Å². The summed E-state index contributed by atoms with van der Waals surface area (Å²) in [6.07, 6.45) is 7.29.